The number of alkyl halides is 6. The van der Waals surface area contributed by atoms with Crippen LogP contribution >= 0.6 is 0 Å². The smallest absolute Gasteiger partial charge is 0.430 e. The van der Waals surface area contributed by atoms with Crippen LogP contribution in [0.15, 0.2) is 48.6 Å². The summed E-state index contributed by atoms with van der Waals surface area (Å²) in [5.74, 6) is -1.80. The molecule has 0 spiro atoms. The first-order chi connectivity index (χ1) is 14.2. The van der Waals surface area contributed by atoms with Crippen LogP contribution in [0.25, 0.3) is 10.8 Å². The number of ether oxygens (including phenoxy) is 2. The summed E-state index contributed by atoms with van der Waals surface area (Å²) in [5.41, 5.74) is -6.86. The average molecular weight is 450 g/mol. The molecule has 0 aliphatic rings. The van der Waals surface area contributed by atoms with E-state index in [-0.39, 0.29) is 23.1 Å². The Balaban J connectivity index is 2.43. The summed E-state index contributed by atoms with van der Waals surface area (Å²) >= 11 is 0. The van der Waals surface area contributed by atoms with Crippen molar-refractivity contribution in [2.75, 3.05) is 13.2 Å². The van der Waals surface area contributed by atoms with Crippen molar-refractivity contribution in [3.63, 3.8) is 0 Å². The first kappa shape index (κ1) is 24.2. The predicted molar refractivity (Wildman–Crippen MR) is 96.0 cm³/mol. The number of esters is 2. The summed E-state index contributed by atoms with van der Waals surface area (Å²) < 4.78 is 89.3. The molecule has 0 aliphatic carbocycles. The van der Waals surface area contributed by atoms with Crippen molar-refractivity contribution in [3.05, 3.63) is 59.7 Å². The van der Waals surface area contributed by atoms with Crippen molar-refractivity contribution < 1.29 is 50.5 Å². The fourth-order valence-corrected chi connectivity index (χ4v) is 2.73. The van der Waals surface area contributed by atoms with Crippen LogP contribution in [-0.2, 0) is 19.9 Å². The number of rotatable bonds is 6. The minimum atomic E-state index is -6.08. The molecular weight excluding hydrogens is 434 g/mol. The number of hydrogen-bond acceptors (Lipinski definition) is 5. The largest absolute Gasteiger partial charge is 0.459 e. The molecule has 2 aromatic rings. The Morgan fingerprint density at radius 3 is 1.94 bits per heavy atom. The van der Waals surface area contributed by atoms with Crippen molar-refractivity contribution >= 4 is 22.7 Å². The first-order valence-corrected chi connectivity index (χ1v) is 8.59. The monoisotopic (exact) mass is 450 g/mol. The fourth-order valence-electron chi connectivity index (χ4n) is 2.73. The second-order valence-corrected chi connectivity index (χ2v) is 6.46. The van der Waals surface area contributed by atoms with Crippen molar-refractivity contribution in [1.29, 1.82) is 0 Å². The van der Waals surface area contributed by atoms with Gasteiger partial charge >= 0.3 is 24.3 Å². The van der Waals surface area contributed by atoms with Crippen LogP contribution in [0.3, 0.4) is 0 Å². The average Bonchev–Trinajstić information content (AvgIpc) is 2.67. The van der Waals surface area contributed by atoms with E-state index in [1.807, 2.05) is 0 Å². The van der Waals surface area contributed by atoms with Gasteiger partial charge in [-0.3, -0.25) is 0 Å². The molecule has 0 aromatic heterocycles. The van der Waals surface area contributed by atoms with Crippen LogP contribution in [-0.4, -0.2) is 42.6 Å². The molecule has 1 N–H and O–H groups in total. The van der Waals surface area contributed by atoms with Crippen LogP contribution in [0.1, 0.15) is 22.8 Å². The fraction of sp³-hybridized carbons (Fsp3) is 0.300. The lowest BCUT2D eigenvalue weighted by molar-refractivity contribution is -0.375. The summed E-state index contributed by atoms with van der Waals surface area (Å²) in [6.45, 7) is 3.99. The van der Waals surface area contributed by atoms with Crippen molar-refractivity contribution in [1.82, 2.24) is 0 Å². The van der Waals surface area contributed by atoms with E-state index in [1.165, 1.54) is 13.0 Å². The topological polar surface area (TPSA) is 72.8 Å². The summed E-state index contributed by atoms with van der Waals surface area (Å²) in [6.07, 6.45) is -12.2. The van der Waals surface area contributed by atoms with E-state index in [2.05, 4.69) is 6.58 Å². The van der Waals surface area contributed by atoms with Gasteiger partial charge in [0.1, 0.15) is 13.2 Å². The predicted octanol–water partition coefficient (Wildman–Crippen LogP) is 4.43. The molecule has 0 radical (unpaired) electrons. The molecule has 168 valence electrons. The van der Waals surface area contributed by atoms with E-state index in [1.54, 1.807) is 0 Å². The highest BCUT2D eigenvalue weighted by Crippen LogP contribution is 2.51. The molecule has 0 heterocycles. The SMILES string of the molecule is C=C(C)C(=O)OCCOC(=O)c1ccc(C(O)(C(F)(F)F)C(F)(F)F)c2ccccc12. The Hall–Kier alpha value is -3.08. The van der Waals surface area contributed by atoms with E-state index >= 15 is 0 Å². The molecule has 0 saturated heterocycles. The van der Waals surface area contributed by atoms with Gasteiger partial charge in [-0.1, -0.05) is 36.9 Å². The standard InChI is InChI=1S/C20H16F6O5/c1-11(2)16(27)30-9-10-31-17(28)14-7-8-15(13-6-4-3-5-12(13)14)18(29,19(21,22)23)20(24,25)26/h3-8,29H,1,9-10H2,2H3. The minimum Gasteiger partial charge on any atom is -0.459 e. The zero-order chi connectivity index (χ0) is 23.6. The molecule has 0 unspecified atom stereocenters. The number of aliphatic hydroxyl groups is 1. The lowest BCUT2D eigenvalue weighted by Gasteiger charge is -2.33. The first-order valence-electron chi connectivity index (χ1n) is 8.59. The molecule has 0 amide bonds. The second kappa shape index (κ2) is 8.58. The normalized spacial score (nSPS) is 12.5. The molecule has 31 heavy (non-hydrogen) atoms. The van der Waals surface area contributed by atoms with E-state index in [9.17, 15) is 41.0 Å². The molecule has 0 fully saturated rings. The lowest BCUT2D eigenvalue weighted by atomic mass is 9.86. The summed E-state index contributed by atoms with van der Waals surface area (Å²) in [5, 5.41) is 8.80. The van der Waals surface area contributed by atoms with E-state index in [0.29, 0.717) is 12.1 Å². The molecule has 0 saturated carbocycles. The van der Waals surface area contributed by atoms with E-state index < -0.39 is 47.4 Å². The number of carbonyl (C=O) groups is 2. The third kappa shape index (κ3) is 4.66. The van der Waals surface area contributed by atoms with Gasteiger partial charge in [-0.15, -0.1) is 0 Å². The van der Waals surface area contributed by atoms with Gasteiger partial charge in [0.05, 0.1) is 5.56 Å². The van der Waals surface area contributed by atoms with Crippen LogP contribution in [0.5, 0.6) is 0 Å². The van der Waals surface area contributed by atoms with Crippen LogP contribution in [0.2, 0.25) is 0 Å². The van der Waals surface area contributed by atoms with Gasteiger partial charge in [0.2, 0.25) is 0 Å². The molecule has 2 aromatic carbocycles. The van der Waals surface area contributed by atoms with Gasteiger partial charge in [0.25, 0.3) is 5.60 Å². The maximum atomic E-state index is 13.3. The van der Waals surface area contributed by atoms with Gasteiger partial charge in [-0.2, -0.15) is 26.3 Å². The van der Waals surface area contributed by atoms with Gasteiger partial charge < -0.3 is 14.6 Å². The van der Waals surface area contributed by atoms with Gasteiger partial charge in [0.15, 0.2) is 0 Å². The maximum Gasteiger partial charge on any atom is 0.430 e. The quantitative estimate of drug-likeness (QED) is 0.305. The molecule has 2 rings (SSSR count). The zero-order valence-electron chi connectivity index (χ0n) is 15.9. The van der Waals surface area contributed by atoms with Crippen molar-refractivity contribution in [2.45, 2.75) is 24.9 Å². The highest BCUT2D eigenvalue weighted by Gasteiger charge is 2.71. The number of benzene rings is 2. The molecule has 5 nitrogen and oxygen atoms in total. The Morgan fingerprint density at radius 1 is 0.903 bits per heavy atom. The summed E-state index contributed by atoms with van der Waals surface area (Å²) in [7, 11) is 0. The van der Waals surface area contributed by atoms with Crippen molar-refractivity contribution in [3.8, 4) is 0 Å². The Labute approximate surface area is 171 Å². The Kier molecular flexibility index (Phi) is 6.69. The van der Waals surface area contributed by atoms with Gasteiger partial charge in [0, 0.05) is 11.1 Å². The van der Waals surface area contributed by atoms with Crippen LogP contribution < -0.4 is 0 Å². The molecule has 0 bridgehead atoms. The minimum absolute atomic E-state index is 0.106. The molecule has 11 heteroatoms. The molecular formula is C20H16F6O5. The Morgan fingerprint density at radius 2 is 1.42 bits per heavy atom. The second-order valence-electron chi connectivity index (χ2n) is 6.46. The van der Waals surface area contributed by atoms with Gasteiger partial charge in [-0.05, 0) is 23.8 Å². The van der Waals surface area contributed by atoms with Gasteiger partial charge in [-0.25, -0.2) is 9.59 Å². The van der Waals surface area contributed by atoms with Crippen LogP contribution in [0.4, 0.5) is 26.3 Å². The molecule has 0 aliphatic heterocycles. The van der Waals surface area contributed by atoms with Crippen molar-refractivity contribution in [2.24, 2.45) is 0 Å². The number of carbonyl (C=O) groups excluding carboxylic acids is 2. The lowest BCUT2D eigenvalue weighted by Crippen LogP contribution is -2.54. The number of fused-ring (bicyclic) bond motifs is 1. The molecule has 0 atom stereocenters. The third-order valence-electron chi connectivity index (χ3n) is 4.25. The highest BCUT2D eigenvalue weighted by molar-refractivity contribution is 6.05. The van der Waals surface area contributed by atoms with Crippen LogP contribution in [0, 0.1) is 0 Å². The number of hydrogen-bond donors (Lipinski definition) is 1. The maximum absolute atomic E-state index is 13.3. The van der Waals surface area contributed by atoms with E-state index in [0.717, 1.165) is 18.2 Å². The third-order valence-corrected chi connectivity index (χ3v) is 4.25. The van der Waals surface area contributed by atoms with E-state index in [4.69, 9.17) is 9.47 Å². The summed E-state index contributed by atoms with van der Waals surface area (Å²) in [6, 6.07) is 5.55. The number of halogens is 6. The highest BCUT2D eigenvalue weighted by atomic mass is 19.4. The summed E-state index contributed by atoms with van der Waals surface area (Å²) in [4.78, 5) is 23.6. The zero-order valence-corrected chi connectivity index (χ0v) is 15.9. The Bertz CT molecular complexity index is 995.